The van der Waals surface area contributed by atoms with Crippen molar-refractivity contribution in [1.82, 2.24) is 4.90 Å². The van der Waals surface area contributed by atoms with Gasteiger partial charge in [-0.15, -0.1) is 11.6 Å². The van der Waals surface area contributed by atoms with Crippen molar-refractivity contribution < 1.29 is 9.18 Å². The number of amides is 1. The van der Waals surface area contributed by atoms with E-state index >= 15 is 0 Å². The molecule has 2 nitrogen and oxygen atoms in total. The van der Waals surface area contributed by atoms with Crippen LogP contribution in [0.25, 0.3) is 0 Å². The highest BCUT2D eigenvalue weighted by atomic mass is 79.9. The van der Waals surface area contributed by atoms with Crippen molar-refractivity contribution in [3.8, 4) is 0 Å². The van der Waals surface area contributed by atoms with Crippen molar-refractivity contribution in [3.05, 3.63) is 34.1 Å². The third kappa shape index (κ3) is 2.86. The van der Waals surface area contributed by atoms with E-state index in [2.05, 4.69) is 15.9 Å². The summed E-state index contributed by atoms with van der Waals surface area (Å²) in [6.07, 6.45) is 1.86. The molecule has 0 saturated heterocycles. The van der Waals surface area contributed by atoms with Crippen molar-refractivity contribution >= 4 is 33.4 Å². The summed E-state index contributed by atoms with van der Waals surface area (Å²) in [5, 5.41) is 0.235. The summed E-state index contributed by atoms with van der Waals surface area (Å²) in [6, 6.07) is 4.53. The molecule has 18 heavy (non-hydrogen) atoms. The predicted molar refractivity (Wildman–Crippen MR) is 73.4 cm³/mol. The van der Waals surface area contributed by atoms with Gasteiger partial charge in [-0.25, -0.2) is 4.39 Å². The van der Waals surface area contributed by atoms with Crippen LogP contribution in [-0.4, -0.2) is 29.8 Å². The van der Waals surface area contributed by atoms with Crippen LogP contribution in [0.15, 0.2) is 22.7 Å². The molecule has 2 rings (SSSR count). The standard InChI is InChI=1S/C13H14BrClFNO/c1-17(7-8-5-9(15)6-8)13(18)12-10(14)3-2-4-11(12)16/h2-4,8-9H,5-7H2,1H3. The van der Waals surface area contributed by atoms with Crippen LogP contribution in [0.1, 0.15) is 23.2 Å². The molecule has 0 bridgehead atoms. The number of nitrogens with zero attached hydrogens (tertiary/aromatic N) is 1. The Balaban J connectivity index is 2.06. The van der Waals surface area contributed by atoms with Gasteiger partial charge in [0.15, 0.2) is 0 Å². The van der Waals surface area contributed by atoms with Crippen molar-refractivity contribution in [3.63, 3.8) is 0 Å². The van der Waals surface area contributed by atoms with Crippen LogP contribution in [0.4, 0.5) is 4.39 Å². The highest BCUT2D eigenvalue weighted by Gasteiger charge is 2.30. The van der Waals surface area contributed by atoms with Gasteiger partial charge in [0.1, 0.15) is 5.82 Å². The van der Waals surface area contributed by atoms with Gasteiger partial charge in [-0.2, -0.15) is 0 Å². The average molecular weight is 335 g/mol. The highest BCUT2D eigenvalue weighted by Crippen LogP contribution is 2.32. The first kappa shape index (κ1) is 13.8. The summed E-state index contributed by atoms with van der Waals surface area (Å²) in [7, 11) is 1.70. The summed E-state index contributed by atoms with van der Waals surface area (Å²) in [6.45, 7) is 0.628. The minimum atomic E-state index is -0.495. The molecule has 0 spiro atoms. The zero-order valence-corrected chi connectivity index (χ0v) is 12.3. The number of hydrogen-bond acceptors (Lipinski definition) is 1. The number of rotatable bonds is 3. The van der Waals surface area contributed by atoms with Crippen molar-refractivity contribution in [2.24, 2.45) is 5.92 Å². The minimum absolute atomic E-state index is 0.0988. The molecule has 0 aliphatic heterocycles. The quantitative estimate of drug-likeness (QED) is 0.772. The second-order valence-electron chi connectivity index (χ2n) is 4.72. The number of carbonyl (C=O) groups is 1. The molecular formula is C13H14BrClFNO. The molecule has 98 valence electrons. The van der Waals surface area contributed by atoms with Crippen LogP contribution in [0.5, 0.6) is 0 Å². The summed E-state index contributed by atoms with van der Waals surface area (Å²) in [5.74, 6) is -0.352. The van der Waals surface area contributed by atoms with Crippen LogP contribution in [0, 0.1) is 11.7 Å². The summed E-state index contributed by atoms with van der Waals surface area (Å²) in [5.41, 5.74) is 0.0988. The number of carbonyl (C=O) groups excluding carboxylic acids is 1. The Bertz CT molecular complexity index is 442. The molecule has 5 heteroatoms. The molecule has 1 aliphatic rings. The maximum Gasteiger partial charge on any atom is 0.257 e. The maximum absolute atomic E-state index is 13.7. The van der Waals surface area contributed by atoms with E-state index in [1.54, 1.807) is 24.1 Å². The summed E-state index contributed by atoms with van der Waals surface area (Å²) in [4.78, 5) is 13.7. The fourth-order valence-corrected chi connectivity index (χ4v) is 3.18. The number of alkyl halides is 1. The van der Waals surface area contributed by atoms with Crippen molar-refractivity contribution in [2.45, 2.75) is 18.2 Å². The van der Waals surface area contributed by atoms with Crippen LogP contribution in [0.2, 0.25) is 0 Å². The zero-order chi connectivity index (χ0) is 13.3. The van der Waals surface area contributed by atoms with Crippen molar-refractivity contribution in [1.29, 1.82) is 0 Å². The lowest BCUT2D eigenvalue weighted by Gasteiger charge is -2.34. The topological polar surface area (TPSA) is 20.3 Å². The second-order valence-corrected chi connectivity index (χ2v) is 6.19. The van der Waals surface area contributed by atoms with Crippen LogP contribution in [0.3, 0.4) is 0 Å². The van der Waals surface area contributed by atoms with E-state index in [4.69, 9.17) is 11.6 Å². The Labute approximate surface area is 119 Å². The first-order chi connectivity index (χ1) is 8.49. The fourth-order valence-electron chi connectivity index (χ4n) is 2.17. The SMILES string of the molecule is CN(CC1CC(Cl)C1)C(=O)c1c(F)cccc1Br. The largest absolute Gasteiger partial charge is 0.341 e. The lowest BCUT2D eigenvalue weighted by molar-refractivity contribution is 0.0741. The molecule has 0 aromatic heterocycles. The Morgan fingerprint density at radius 2 is 2.22 bits per heavy atom. The molecular weight excluding hydrogens is 321 g/mol. The maximum atomic E-state index is 13.7. The number of hydrogen-bond donors (Lipinski definition) is 0. The zero-order valence-electron chi connectivity index (χ0n) is 10.00. The monoisotopic (exact) mass is 333 g/mol. The normalized spacial score (nSPS) is 22.4. The van der Waals surface area contributed by atoms with Crippen LogP contribution < -0.4 is 0 Å². The molecule has 1 aromatic carbocycles. The summed E-state index contributed by atoms with van der Waals surface area (Å²) >= 11 is 9.12. The first-order valence-electron chi connectivity index (χ1n) is 5.82. The molecule has 1 aromatic rings. The van der Waals surface area contributed by atoms with Crippen LogP contribution >= 0.6 is 27.5 Å². The molecule has 0 atom stereocenters. The van der Waals surface area contributed by atoms with E-state index in [0.29, 0.717) is 16.9 Å². The second kappa shape index (κ2) is 5.57. The minimum Gasteiger partial charge on any atom is -0.341 e. The Morgan fingerprint density at radius 3 is 2.78 bits per heavy atom. The van der Waals surface area contributed by atoms with E-state index < -0.39 is 5.82 Å². The molecule has 1 saturated carbocycles. The van der Waals surface area contributed by atoms with Gasteiger partial charge in [0.25, 0.3) is 5.91 Å². The Morgan fingerprint density at radius 1 is 1.56 bits per heavy atom. The lowest BCUT2D eigenvalue weighted by Crippen LogP contribution is -2.38. The van der Waals surface area contributed by atoms with Gasteiger partial charge in [0.2, 0.25) is 0 Å². The van der Waals surface area contributed by atoms with Gasteiger partial charge >= 0.3 is 0 Å². The van der Waals surface area contributed by atoms with Gasteiger partial charge in [-0.05, 0) is 46.8 Å². The smallest absolute Gasteiger partial charge is 0.257 e. The lowest BCUT2D eigenvalue weighted by atomic mass is 9.84. The van der Waals surface area contributed by atoms with E-state index in [-0.39, 0.29) is 16.8 Å². The Kier molecular flexibility index (Phi) is 4.28. The van der Waals surface area contributed by atoms with E-state index in [1.807, 2.05) is 0 Å². The van der Waals surface area contributed by atoms with Gasteiger partial charge < -0.3 is 4.90 Å². The average Bonchev–Trinajstić information content (AvgIpc) is 2.26. The number of halogens is 3. The molecule has 1 aliphatic carbocycles. The van der Waals surface area contributed by atoms with Gasteiger partial charge in [0.05, 0.1) is 5.56 Å². The number of benzene rings is 1. The van der Waals surface area contributed by atoms with E-state index in [9.17, 15) is 9.18 Å². The van der Waals surface area contributed by atoms with Gasteiger partial charge in [-0.3, -0.25) is 4.79 Å². The predicted octanol–water partition coefficient (Wildman–Crippen LogP) is 3.68. The summed E-state index contributed by atoms with van der Waals surface area (Å²) < 4.78 is 14.1. The van der Waals surface area contributed by atoms with E-state index in [1.165, 1.54) is 6.07 Å². The third-order valence-electron chi connectivity index (χ3n) is 3.23. The Hall–Kier alpha value is -0.610. The molecule has 0 unspecified atom stereocenters. The van der Waals surface area contributed by atoms with Crippen LogP contribution in [-0.2, 0) is 0 Å². The fraction of sp³-hybridized carbons (Fsp3) is 0.462. The molecule has 0 heterocycles. The first-order valence-corrected chi connectivity index (χ1v) is 7.05. The van der Waals surface area contributed by atoms with Gasteiger partial charge in [-0.1, -0.05) is 6.07 Å². The highest BCUT2D eigenvalue weighted by molar-refractivity contribution is 9.10. The molecule has 0 N–H and O–H groups in total. The molecule has 1 amide bonds. The van der Waals surface area contributed by atoms with Crippen molar-refractivity contribution in [2.75, 3.05) is 13.6 Å². The molecule has 0 radical (unpaired) electrons. The third-order valence-corrected chi connectivity index (χ3v) is 4.25. The van der Waals surface area contributed by atoms with E-state index in [0.717, 1.165) is 12.8 Å². The molecule has 1 fully saturated rings. The van der Waals surface area contributed by atoms with Gasteiger partial charge in [0, 0.05) is 23.4 Å².